The van der Waals surface area contributed by atoms with Crippen LogP contribution in [0.2, 0.25) is 0 Å². The van der Waals surface area contributed by atoms with Crippen LogP contribution in [0.5, 0.6) is 0 Å². The first-order valence-corrected chi connectivity index (χ1v) is 4.84. The first kappa shape index (κ1) is 11.8. The van der Waals surface area contributed by atoms with Gasteiger partial charge in [-0.15, -0.1) is 4.73 Å². The maximum absolute atomic E-state index is 13.1. The molecule has 18 heavy (non-hydrogen) atoms. The van der Waals surface area contributed by atoms with Crippen molar-refractivity contribution in [2.45, 2.75) is 0 Å². The molecule has 7 nitrogen and oxygen atoms in total. The minimum atomic E-state index is -0.674. The Morgan fingerprint density at radius 3 is 2.61 bits per heavy atom. The van der Waals surface area contributed by atoms with Crippen molar-refractivity contribution in [1.82, 2.24) is 0 Å². The van der Waals surface area contributed by atoms with Crippen LogP contribution < -0.4 is 15.2 Å². The molecule has 0 saturated heterocycles. The van der Waals surface area contributed by atoms with Crippen molar-refractivity contribution in [3.63, 3.8) is 0 Å². The number of ether oxygens (including phenoxy) is 1. The molecule has 0 radical (unpaired) electrons. The molecule has 0 aliphatic heterocycles. The lowest BCUT2D eigenvalue weighted by atomic mass is 10.2. The van der Waals surface area contributed by atoms with Crippen molar-refractivity contribution in [2.24, 2.45) is 0 Å². The van der Waals surface area contributed by atoms with Crippen molar-refractivity contribution in [3.05, 3.63) is 40.1 Å². The third-order valence-corrected chi connectivity index (χ3v) is 2.46. The van der Waals surface area contributed by atoms with Gasteiger partial charge in [-0.1, -0.05) is 0 Å². The highest BCUT2D eigenvalue weighted by atomic mass is 19.1. The van der Waals surface area contributed by atoms with E-state index in [4.69, 9.17) is 11.1 Å². The molecule has 2 aromatic rings. The Morgan fingerprint density at radius 2 is 2.00 bits per heavy atom. The van der Waals surface area contributed by atoms with Crippen LogP contribution in [0.4, 0.5) is 10.2 Å². The molecule has 0 saturated carbocycles. The summed E-state index contributed by atoms with van der Waals surface area (Å²) in [6, 6.07) is 3.07. The Labute approximate surface area is 101 Å². The first-order valence-electron chi connectivity index (χ1n) is 4.84. The van der Waals surface area contributed by atoms with Crippen LogP contribution in [0, 0.1) is 21.6 Å². The molecule has 0 spiro atoms. The number of benzene rings is 1. The van der Waals surface area contributed by atoms with Crippen molar-refractivity contribution in [1.29, 1.82) is 5.41 Å². The normalized spacial score (nSPS) is 10.6. The van der Waals surface area contributed by atoms with Gasteiger partial charge in [0.15, 0.2) is 0 Å². The minimum Gasteiger partial charge on any atom is -0.710 e. The maximum Gasteiger partial charge on any atom is 0.369 e. The third-order valence-electron chi connectivity index (χ3n) is 2.46. The van der Waals surface area contributed by atoms with Crippen LogP contribution in [0.3, 0.4) is 0 Å². The lowest BCUT2D eigenvalue weighted by molar-refractivity contribution is -0.620. The van der Waals surface area contributed by atoms with Gasteiger partial charge in [0.1, 0.15) is 5.82 Å². The highest BCUT2D eigenvalue weighted by Gasteiger charge is 2.28. The minimum absolute atomic E-state index is 0.0865. The summed E-state index contributed by atoms with van der Waals surface area (Å²) in [4.78, 5) is 0. The molecule has 0 atom stereocenters. The molecule has 8 heteroatoms. The molecule has 1 aromatic carbocycles. The highest BCUT2D eigenvalue weighted by molar-refractivity contribution is 5.92. The van der Waals surface area contributed by atoms with E-state index in [-0.39, 0.29) is 20.5 Å². The van der Waals surface area contributed by atoms with E-state index in [2.05, 4.69) is 4.74 Å². The van der Waals surface area contributed by atoms with E-state index in [1.165, 1.54) is 0 Å². The van der Waals surface area contributed by atoms with Gasteiger partial charge in [-0.3, -0.25) is 11.1 Å². The van der Waals surface area contributed by atoms with Crippen molar-refractivity contribution in [2.75, 3.05) is 12.8 Å². The number of hydrogen-bond acceptors (Lipinski definition) is 5. The van der Waals surface area contributed by atoms with E-state index >= 15 is 0 Å². The van der Waals surface area contributed by atoms with Gasteiger partial charge >= 0.3 is 11.5 Å². The van der Waals surface area contributed by atoms with E-state index < -0.39 is 23.2 Å². The van der Waals surface area contributed by atoms with E-state index in [1.54, 1.807) is 0 Å². The topological polar surface area (TPSA) is 113 Å². The molecular weight excluding hydrogens is 243 g/mol. The molecule has 0 aliphatic carbocycles. The Balaban J connectivity index is 2.93. The van der Waals surface area contributed by atoms with Crippen molar-refractivity contribution < 1.29 is 18.6 Å². The number of nitrogens with two attached hydrogens (primary N) is 1. The van der Waals surface area contributed by atoms with Gasteiger partial charge in [-0.25, -0.2) is 9.12 Å². The molecule has 0 fully saturated rings. The number of nitrogens with zero attached hydrogens (tertiary/aromatic N) is 2. The predicted octanol–water partition coefficient (Wildman–Crippen LogP) is -0.200. The lowest BCUT2D eigenvalue weighted by Gasteiger charge is -2.12. The fourth-order valence-electron chi connectivity index (χ4n) is 1.59. The molecule has 3 N–H and O–H groups in total. The van der Waals surface area contributed by atoms with Crippen LogP contribution in [0.15, 0.2) is 18.2 Å². The highest BCUT2D eigenvalue weighted by Crippen LogP contribution is 2.12. The summed E-state index contributed by atoms with van der Waals surface area (Å²) in [7, 11) is 1.16. The molecule has 0 bridgehead atoms. The quantitative estimate of drug-likeness (QED) is 0.316. The molecule has 2 rings (SSSR count). The number of nitrogen functional groups attached to an aromatic ring is 1. The van der Waals surface area contributed by atoms with Crippen LogP contribution in [-0.2, 0) is 4.74 Å². The second-order valence-corrected chi connectivity index (χ2v) is 3.49. The van der Waals surface area contributed by atoms with Gasteiger partial charge in [0.25, 0.3) is 11.4 Å². The van der Waals surface area contributed by atoms with Gasteiger partial charge in [-0.05, 0) is 12.1 Å². The fraction of sp³-hybridized carbons (Fsp3) is 0.100. The molecule has 0 amide bonds. The van der Waals surface area contributed by atoms with Crippen LogP contribution in [0.1, 0.15) is 5.69 Å². The summed E-state index contributed by atoms with van der Waals surface area (Å²) in [5.41, 5.74) is 4.71. The number of nitrogens with one attached hydrogen (secondary N) is 1. The van der Waals surface area contributed by atoms with E-state index in [0.717, 1.165) is 25.3 Å². The average Bonchev–Trinajstić information content (AvgIpc) is 2.36. The van der Waals surface area contributed by atoms with Gasteiger partial charge in [0, 0.05) is 0 Å². The van der Waals surface area contributed by atoms with Gasteiger partial charge < -0.3 is 15.2 Å². The Bertz CT molecular complexity index is 659. The largest absolute Gasteiger partial charge is 0.710 e. The van der Waals surface area contributed by atoms with E-state index in [0.29, 0.717) is 0 Å². The standard InChI is InChI=1S/C10H9FN4O3/c1-18-10(13)8-9(12)15(17)6-3-2-5(11)4-7(6)14(8)16/h2-4,13H,12H2,1H3. The van der Waals surface area contributed by atoms with Crippen molar-refractivity contribution >= 4 is 22.7 Å². The second-order valence-electron chi connectivity index (χ2n) is 3.49. The summed E-state index contributed by atoms with van der Waals surface area (Å²) >= 11 is 0. The molecule has 1 heterocycles. The monoisotopic (exact) mass is 252 g/mol. The molecule has 1 aromatic heterocycles. The predicted molar refractivity (Wildman–Crippen MR) is 60.1 cm³/mol. The number of hydrogen-bond donors (Lipinski definition) is 2. The zero-order valence-corrected chi connectivity index (χ0v) is 9.31. The Kier molecular flexibility index (Phi) is 2.62. The Morgan fingerprint density at radius 1 is 1.33 bits per heavy atom. The van der Waals surface area contributed by atoms with Gasteiger partial charge in [-0.2, -0.15) is 0 Å². The number of anilines is 1. The summed E-state index contributed by atoms with van der Waals surface area (Å²) < 4.78 is 18.1. The Hall–Kier alpha value is -2.64. The van der Waals surface area contributed by atoms with Crippen LogP contribution in [-0.4, -0.2) is 13.0 Å². The number of aromatic nitrogens is 2. The molecule has 94 valence electrons. The molecule has 0 aliphatic rings. The third kappa shape index (κ3) is 1.54. The molecule has 0 unspecified atom stereocenters. The molecular formula is C10H9FN4O3. The fourth-order valence-corrected chi connectivity index (χ4v) is 1.59. The zero-order chi connectivity index (χ0) is 13.4. The SMILES string of the molecule is COC(=N)c1c(N)[n+]([O-])c2ccc(F)cc2[n+]1[O-]. The van der Waals surface area contributed by atoms with E-state index in [9.17, 15) is 14.8 Å². The number of rotatable bonds is 1. The van der Waals surface area contributed by atoms with E-state index in [1.807, 2.05) is 0 Å². The zero-order valence-electron chi connectivity index (χ0n) is 9.31. The smallest absolute Gasteiger partial charge is 0.369 e. The van der Waals surface area contributed by atoms with Gasteiger partial charge in [0.2, 0.25) is 5.52 Å². The maximum atomic E-state index is 13.1. The number of halogens is 1. The van der Waals surface area contributed by atoms with Crippen LogP contribution in [0.25, 0.3) is 11.0 Å². The lowest BCUT2D eigenvalue weighted by Crippen LogP contribution is -2.46. The summed E-state index contributed by atoms with van der Waals surface area (Å²) in [5, 5.41) is 31.2. The summed E-state index contributed by atoms with van der Waals surface area (Å²) in [6.45, 7) is 0. The van der Waals surface area contributed by atoms with Crippen LogP contribution >= 0.6 is 0 Å². The van der Waals surface area contributed by atoms with Crippen molar-refractivity contribution in [3.8, 4) is 0 Å². The second kappa shape index (κ2) is 3.99. The van der Waals surface area contributed by atoms with Gasteiger partial charge in [0.05, 0.1) is 13.2 Å². The number of fused-ring (bicyclic) bond motifs is 1. The summed E-state index contributed by atoms with van der Waals surface area (Å²) in [5.74, 6) is -1.72. The number of methoxy groups -OCH3 is 1. The summed E-state index contributed by atoms with van der Waals surface area (Å²) in [6.07, 6.45) is 0. The first-order chi connectivity index (χ1) is 8.47. The average molecular weight is 252 g/mol.